The molecule has 1 N–H and O–H groups in total. The minimum absolute atomic E-state index is 0.0253. The summed E-state index contributed by atoms with van der Waals surface area (Å²) >= 11 is 0. The van der Waals surface area contributed by atoms with E-state index in [1.165, 1.54) is 38.5 Å². The first-order chi connectivity index (χ1) is 11.2. The molecule has 3 nitrogen and oxygen atoms in total. The van der Waals surface area contributed by atoms with E-state index in [-0.39, 0.29) is 5.91 Å². The minimum atomic E-state index is -0.0253. The number of para-hydroxylation sites is 1. The van der Waals surface area contributed by atoms with Crippen LogP contribution in [0.1, 0.15) is 58.3 Å². The number of carbonyl (C=O) groups excluding carboxylic acids is 1. The number of hydrogen-bond donors (Lipinski definition) is 1. The Bertz CT molecular complexity index is 442. The van der Waals surface area contributed by atoms with E-state index in [0.29, 0.717) is 5.57 Å². The fraction of sp³-hybridized carbons (Fsp3) is 0.550. The number of benzene rings is 1. The lowest BCUT2D eigenvalue weighted by Gasteiger charge is -2.06. The molecule has 23 heavy (non-hydrogen) atoms. The Morgan fingerprint density at radius 2 is 1.52 bits per heavy atom. The Morgan fingerprint density at radius 3 is 2.13 bits per heavy atom. The molecule has 1 aromatic rings. The zero-order valence-corrected chi connectivity index (χ0v) is 14.5. The van der Waals surface area contributed by atoms with Crippen molar-refractivity contribution in [3.8, 4) is 5.75 Å². The van der Waals surface area contributed by atoms with Crippen LogP contribution in [0, 0.1) is 0 Å². The van der Waals surface area contributed by atoms with Gasteiger partial charge in [0, 0.05) is 12.1 Å². The van der Waals surface area contributed by atoms with Crippen LogP contribution in [0.25, 0.3) is 0 Å². The maximum absolute atomic E-state index is 11.3. The van der Waals surface area contributed by atoms with Crippen LogP contribution in [0.2, 0.25) is 0 Å². The Labute approximate surface area is 141 Å². The second-order valence-electron chi connectivity index (χ2n) is 6.03. The van der Waals surface area contributed by atoms with Crippen molar-refractivity contribution in [1.82, 2.24) is 5.32 Å². The average Bonchev–Trinajstić information content (AvgIpc) is 2.56. The van der Waals surface area contributed by atoms with Crippen LogP contribution in [-0.2, 0) is 4.79 Å². The third kappa shape index (κ3) is 10.6. The molecule has 0 aliphatic heterocycles. The average molecular weight is 317 g/mol. The van der Waals surface area contributed by atoms with Gasteiger partial charge in [-0.3, -0.25) is 4.79 Å². The summed E-state index contributed by atoms with van der Waals surface area (Å²) < 4.78 is 5.67. The first kappa shape index (κ1) is 19.3. The number of amides is 1. The van der Waals surface area contributed by atoms with Crippen LogP contribution in [-0.4, -0.2) is 19.1 Å². The summed E-state index contributed by atoms with van der Waals surface area (Å²) in [5.74, 6) is 0.939. The molecule has 1 aromatic carbocycles. The van der Waals surface area contributed by atoms with Gasteiger partial charge in [0.15, 0.2) is 0 Å². The van der Waals surface area contributed by atoms with Gasteiger partial charge in [-0.2, -0.15) is 0 Å². The molecule has 0 aliphatic rings. The first-order valence-corrected chi connectivity index (χ1v) is 8.81. The maximum Gasteiger partial charge on any atom is 0.246 e. The number of rotatable bonds is 13. The molecule has 0 saturated carbocycles. The van der Waals surface area contributed by atoms with Crippen molar-refractivity contribution in [3.05, 3.63) is 42.5 Å². The molecular weight excluding hydrogens is 286 g/mol. The molecule has 0 radical (unpaired) electrons. The number of nitrogens with one attached hydrogen (secondary N) is 1. The normalized spacial score (nSPS) is 10.3. The monoisotopic (exact) mass is 317 g/mol. The van der Waals surface area contributed by atoms with E-state index in [0.717, 1.165) is 31.7 Å². The fourth-order valence-electron chi connectivity index (χ4n) is 2.35. The Hall–Kier alpha value is -1.77. The standard InChI is InChI=1S/C20H31NO2/c1-18(2)20(22)21-16-12-7-5-3-4-6-8-13-17-23-19-14-10-9-11-15-19/h9-11,14-15H,1,3-8,12-13,16-17H2,2H3,(H,21,22). The van der Waals surface area contributed by atoms with Crippen LogP contribution >= 0.6 is 0 Å². The summed E-state index contributed by atoms with van der Waals surface area (Å²) in [5.41, 5.74) is 0.584. The third-order valence-electron chi connectivity index (χ3n) is 3.76. The second-order valence-corrected chi connectivity index (χ2v) is 6.03. The molecule has 128 valence electrons. The van der Waals surface area contributed by atoms with Gasteiger partial charge in [0.2, 0.25) is 5.91 Å². The second kappa shape index (κ2) is 12.7. The summed E-state index contributed by atoms with van der Waals surface area (Å²) in [4.78, 5) is 11.3. The van der Waals surface area contributed by atoms with Gasteiger partial charge in [-0.15, -0.1) is 0 Å². The van der Waals surface area contributed by atoms with Gasteiger partial charge in [-0.05, 0) is 31.9 Å². The highest BCUT2D eigenvalue weighted by Gasteiger charge is 1.99. The zero-order valence-electron chi connectivity index (χ0n) is 14.5. The molecule has 1 rings (SSSR count). The van der Waals surface area contributed by atoms with Gasteiger partial charge in [0.05, 0.1) is 6.61 Å². The smallest absolute Gasteiger partial charge is 0.246 e. The number of unbranched alkanes of at least 4 members (excludes halogenated alkanes) is 7. The molecule has 1 amide bonds. The molecule has 0 aromatic heterocycles. The van der Waals surface area contributed by atoms with E-state index in [4.69, 9.17) is 4.74 Å². The topological polar surface area (TPSA) is 38.3 Å². The summed E-state index contributed by atoms with van der Waals surface area (Å²) in [7, 11) is 0. The van der Waals surface area contributed by atoms with E-state index >= 15 is 0 Å². The minimum Gasteiger partial charge on any atom is -0.494 e. The molecule has 0 saturated heterocycles. The van der Waals surface area contributed by atoms with Gasteiger partial charge < -0.3 is 10.1 Å². The molecule has 0 atom stereocenters. The maximum atomic E-state index is 11.3. The van der Waals surface area contributed by atoms with Crippen molar-refractivity contribution >= 4 is 5.91 Å². The van der Waals surface area contributed by atoms with Gasteiger partial charge in [-0.1, -0.05) is 63.3 Å². The molecular formula is C20H31NO2. The van der Waals surface area contributed by atoms with Crippen molar-refractivity contribution in [1.29, 1.82) is 0 Å². The lowest BCUT2D eigenvalue weighted by molar-refractivity contribution is -0.117. The van der Waals surface area contributed by atoms with Gasteiger partial charge >= 0.3 is 0 Å². The van der Waals surface area contributed by atoms with Crippen molar-refractivity contribution in [2.75, 3.05) is 13.2 Å². The largest absolute Gasteiger partial charge is 0.494 e. The Balaban J connectivity index is 1.80. The van der Waals surface area contributed by atoms with Crippen molar-refractivity contribution < 1.29 is 9.53 Å². The van der Waals surface area contributed by atoms with E-state index in [1.807, 2.05) is 30.3 Å². The SMILES string of the molecule is C=C(C)C(=O)NCCCCCCCCCCOc1ccccc1. The highest BCUT2D eigenvalue weighted by molar-refractivity contribution is 5.91. The highest BCUT2D eigenvalue weighted by atomic mass is 16.5. The van der Waals surface area contributed by atoms with Gasteiger partial charge in [0.1, 0.15) is 5.75 Å². The molecule has 0 spiro atoms. The first-order valence-electron chi connectivity index (χ1n) is 8.81. The van der Waals surface area contributed by atoms with Gasteiger partial charge in [0.25, 0.3) is 0 Å². The van der Waals surface area contributed by atoms with Crippen LogP contribution in [0.4, 0.5) is 0 Å². The predicted octanol–water partition coefficient (Wildman–Crippen LogP) is 4.88. The Kier molecular flexibility index (Phi) is 10.7. The number of carbonyl (C=O) groups is 1. The van der Waals surface area contributed by atoms with Crippen LogP contribution in [0.15, 0.2) is 42.5 Å². The zero-order chi connectivity index (χ0) is 16.8. The quantitative estimate of drug-likeness (QED) is 0.416. The summed E-state index contributed by atoms with van der Waals surface area (Å²) in [6.07, 6.45) is 9.73. The van der Waals surface area contributed by atoms with E-state index < -0.39 is 0 Å². The van der Waals surface area contributed by atoms with Crippen molar-refractivity contribution in [3.63, 3.8) is 0 Å². The van der Waals surface area contributed by atoms with Crippen molar-refractivity contribution in [2.45, 2.75) is 58.3 Å². The number of ether oxygens (including phenoxy) is 1. The van der Waals surface area contributed by atoms with E-state index in [2.05, 4.69) is 11.9 Å². The molecule has 0 unspecified atom stereocenters. The van der Waals surface area contributed by atoms with Crippen LogP contribution < -0.4 is 10.1 Å². The summed E-state index contributed by atoms with van der Waals surface area (Å²) in [6, 6.07) is 10.00. The van der Waals surface area contributed by atoms with E-state index in [1.54, 1.807) is 6.92 Å². The predicted molar refractivity (Wildman–Crippen MR) is 96.7 cm³/mol. The summed E-state index contributed by atoms with van der Waals surface area (Å²) in [5, 5.41) is 2.87. The molecule has 0 aliphatic carbocycles. The number of hydrogen-bond acceptors (Lipinski definition) is 2. The van der Waals surface area contributed by atoms with E-state index in [9.17, 15) is 4.79 Å². The summed E-state index contributed by atoms with van der Waals surface area (Å²) in [6.45, 7) is 6.94. The molecule has 3 heteroatoms. The highest BCUT2D eigenvalue weighted by Crippen LogP contribution is 2.11. The van der Waals surface area contributed by atoms with Gasteiger partial charge in [-0.25, -0.2) is 0 Å². The fourth-order valence-corrected chi connectivity index (χ4v) is 2.35. The van der Waals surface area contributed by atoms with Crippen LogP contribution in [0.3, 0.4) is 0 Å². The third-order valence-corrected chi connectivity index (χ3v) is 3.76. The molecule has 0 fully saturated rings. The molecule has 0 bridgehead atoms. The lowest BCUT2D eigenvalue weighted by Crippen LogP contribution is -2.24. The van der Waals surface area contributed by atoms with Crippen molar-refractivity contribution in [2.24, 2.45) is 0 Å². The molecule has 0 heterocycles. The van der Waals surface area contributed by atoms with Crippen LogP contribution in [0.5, 0.6) is 5.75 Å². The lowest BCUT2D eigenvalue weighted by atomic mass is 10.1. The Morgan fingerprint density at radius 1 is 0.957 bits per heavy atom.